The Kier molecular flexibility index (Phi) is 5.49. The lowest BCUT2D eigenvalue weighted by Gasteiger charge is -2.15. The van der Waals surface area contributed by atoms with E-state index in [0.29, 0.717) is 16.1 Å². The van der Waals surface area contributed by atoms with E-state index in [1.807, 2.05) is 60.7 Å². The van der Waals surface area contributed by atoms with Crippen molar-refractivity contribution in [3.8, 4) is 11.3 Å². The van der Waals surface area contributed by atoms with Gasteiger partial charge in [-0.25, -0.2) is 9.37 Å². The summed E-state index contributed by atoms with van der Waals surface area (Å²) in [6, 6.07) is 26.1. The van der Waals surface area contributed by atoms with Crippen LogP contribution >= 0.6 is 11.3 Å². The molecule has 0 spiro atoms. The van der Waals surface area contributed by atoms with E-state index in [0.717, 1.165) is 16.1 Å². The van der Waals surface area contributed by atoms with Gasteiger partial charge in [-0.1, -0.05) is 72.8 Å². The van der Waals surface area contributed by atoms with Gasteiger partial charge in [0.05, 0.1) is 18.0 Å². The van der Waals surface area contributed by atoms with Gasteiger partial charge in [-0.3, -0.25) is 4.79 Å². The summed E-state index contributed by atoms with van der Waals surface area (Å²) in [7, 11) is 0. The summed E-state index contributed by atoms with van der Waals surface area (Å²) in [5, 5.41) is 10.2. The number of rotatable bonds is 6. The fourth-order valence-electron chi connectivity index (χ4n) is 3.38. The Labute approximate surface area is 172 Å². The molecule has 3 nitrogen and oxygen atoms in total. The molecule has 0 saturated carbocycles. The lowest BCUT2D eigenvalue weighted by atomic mass is 9.92. The third-order valence-electron chi connectivity index (χ3n) is 4.64. The van der Waals surface area contributed by atoms with Crippen molar-refractivity contribution in [2.45, 2.75) is 12.3 Å². The minimum Gasteiger partial charge on any atom is -0.481 e. The second-order valence-electron chi connectivity index (χ2n) is 6.66. The van der Waals surface area contributed by atoms with E-state index in [1.165, 1.54) is 23.5 Å². The molecule has 3 aromatic carbocycles. The van der Waals surface area contributed by atoms with Gasteiger partial charge >= 0.3 is 5.97 Å². The molecular weight excluding hydrogens is 385 g/mol. The van der Waals surface area contributed by atoms with Gasteiger partial charge in [0, 0.05) is 10.4 Å². The largest absolute Gasteiger partial charge is 0.481 e. The Bertz CT molecular complexity index is 1090. The first-order valence-corrected chi connectivity index (χ1v) is 10.0. The highest BCUT2D eigenvalue weighted by atomic mass is 32.1. The van der Waals surface area contributed by atoms with E-state index >= 15 is 0 Å². The van der Waals surface area contributed by atoms with Gasteiger partial charge in [-0.05, 0) is 23.3 Å². The Morgan fingerprint density at radius 1 is 0.931 bits per heavy atom. The second kappa shape index (κ2) is 8.37. The molecule has 144 valence electrons. The van der Waals surface area contributed by atoms with E-state index in [9.17, 15) is 14.3 Å². The zero-order valence-electron chi connectivity index (χ0n) is 15.5. The van der Waals surface area contributed by atoms with Crippen molar-refractivity contribution in [3.63, 3.8) is 0 Å². The number of carboxylic acids is 1. The molecule has 0 bridgehead atoms. The van der Waals surface area contributed by atoms with Crippen LogP contribution in [0.25, 0.3) is 11.3 Å². The fourth-order valence-corrected chi connectivity index (χ4v) is 4.62. The summed E-state index contributed by atoms with van der Waals surface area (Å²) in [5.41, 5.74) is 3.26. The maximum atomic E-state index is 13.8. The number of halogens is 1. The van der Waals surface area contributed by atoms with Crippen LogP contribution in [0.4, 0.5) is 4.39 Å². The zero-order chi connectivity index (χ0) is 20.2. The summed E-state index contributed by atoms with van der Waals surface area (Å²) in [4.78, 5) is 16.9. The summed E-state index contributed by atoms with van der Waals surface area (Å²) >= 11 is 1.37. The predicted molar refractivity (Wildman–Crippen MR) is 113 cm³/mol. The van der Waals surface area contributed by atoms with E-state index in [1.54, 1.807) is 12.1 Å². The fraction of sp³-hybridized carbons (Fsp3) is 0.0833. The number of carboxylic acid groups (broad SMARTS) is 1. The molecule has 0 fully saturated rings. The highest BCUT2D eigenvalue weighted by molar-refractivity contribution is 7.12. The molecule has 1 aromatic heterocycles. The molecule has 4 rings (SSSR count). The van der Waals surface area contributed by atoms with Gasteiger partial charge in [0.2, 0.25) is 0 Å². The first kappa shape index (κ1) is 19.0. The van der Waals surface area contributed by atoms with Gasteiger partial charge in [-0.15, -0.1) is 11.3 Å². The molecule has 4 aromatic rings. The average molecular weight is 403 g/mol. The number of aliphatic carboxylic acids is 1. The van der Waals surface area contributed by atoms with E-state index in [4.69, 9.17) is 4.98 Å². The molecule has 0 radical (unpaired) electrons. The van der Waals surface area contributed by atoms with Crippen molar-refractivity contribution in [3.05, 3.63) is 112 Å². The SMILES string of the molecule is O=C(O)Cc1sc(C(c2ccccc2)c2ccccc2)nc1-c1cccc(F)c1. The lowest BCUT2D eigenvalue weighted by molar-refractivity contribution is -0.136. The summed E-state index contributed by atoms with van der Waals surface area (Å²) < 4.78 is 13.8. The highest BCUT2D eigenvalue weighted by Crippen LogP contribution is 2.38. The number of nitrogens with zero attached hydrogens (tertiary/aromatic N) is 1. The third kappa shape index (κ3) is 4.25. The predicted octanol–water partition coefficient (Wildman–Crippen LogP) is 5.76. The summed E-state index contributed by atoms with van der Waals surface area (Å²) in [5.74, 6) is -1.44. The molecule has 0 unspecified atom stereocenters. The molecule has 5 heteroatoms. The first-order valence-electron chi connectivity index (χ1n) is 9.19. The second-order valence-corrected chi connectivity index (χ2v) is 7.77. The van der Waals surface area contributed by atoms with Crippen LogP contribution in [-0.4, -0.2) is 16.1 Å². The quantitative estimate of drug-likeness (QED) is 0.445. The van der Waals surface area contributed by atoms with Gasteiger partial charge in [0.15, 0.2) is 0 Å². The molecule has 0 saturated heterocycles. The van der Waals surface area contributed by atoms with Crippen molar-refractivity contribution >= 4 is 17.3 Å². The van der Waals surface area contributed by atoms with E-state index in [-0.39, 0.29) is 18.2 Å². The number of carbonyl (C=O) groups is 1. The number of aromatic nitrogens is 1. The van der Waals surface area contributed by atoms with Crippen LogP contribution < -0.4 is 0 Å². The maximum Gasteiger partial charge on any atom is 0.308 e. The molecule has 0 atom stereocenters. The van der Waals surface area contributed by atoms with Crippen LogP contribution in [0.5, 0.6) is 0 Å². The van der Waals surface area contributed by atoms with Crippen LogP contribution in [0.2, 0.25) is 0 Å². The van der Waals surface area contributed by atoms with Gasteiger partial charge in [-0.2, -0.15) is 0 Å². The Hall–Kier alpha value is -3.31. The minimum absolute atomic E-state index is 0.128. The molecule has 29 heavy (non-hydrogen) atoms. The highest BCUT2D eigenvalue weighted by Gasteiger charge is 2.24. The molecule has 0 aliphatic carbocycles. The third-order valence-corrected chi connectivity index (χ3v) is 5.76. The number of hydrogen-bond donors (Lipinski definition) is 1. The normalized spacial score (nSPS) is 11.0. The minimum atomic E-state index is -0.936. The van der Waals surface area contributed by atoms with E-state index < -0.39 is 5.97 Å². The molecule has 1 N–H and O–H groups in total. The Balaban J connectivity index is 1.88. The number of benzene rings is 3. The lowest BCUT2D eigenvalue weighted by Crippen LogP contribution is -2.02. The monoisotopic (exact) mass is 403 g/mol. The van der Waals surface area contributed by atoms with Crippen molar-refractivity contribution in [1.29, 1.82) is 0 Å². The van der Waals surface area contributed by atoms with Crippen molar-refractivity contribution in [2.24, 2.45) is 0 Å². The van der Waals surface area contributed by atoms with Crippen LogP contribution in [0.15, 0.2) is 84.9 Å². The van der Waals surface area contributed by atoms with Gasteiger partial charge in [0.1, 0.15) is 10.8 Å². The first-order chi connectivity index (χ1) is 14.1. The van der Waals surface area contributed by atoms with Crippen LogP contribution in [0, 0.1) is 5.82 Å². The standard InChI is InChI=1S/C24H18FNO2S/c25-19-13-7-12-18(14-19)23-20(15-21(27)28)29-24(26-23)22(16-8-3-1-4-9-16)17-10-5-2-6-11-17/h1-14,22H,15H2,(H,27,28). The van der Waals surface area contributed by atoms with Crippen LogP contribution in [0.1, 0.15) is 26.9 Å². The number of hydrogen-bond acceptors (Lipinski definition) is 3. The van der Waals surface area contributed by atoms with Crippen LogP contribution in [-0.2, 0) is 11.2 Å². The van der Waals surface area contributed by atoms with Crippen molar-refractivity contribution in [1.82, 2.24) is 4.98 Å². The average Bonchev–Trinajstić information content (AvgIpc) is 3.12. The summed E-state index contributed by atoms with van der Waals surface area (Å²) in [6.07, 6.45) is -0.153. The zero-order valence-corrected chi connectivity index (χ0v) is 16.3. The molecule has 0 aliphatic rings. The maximum absolute atomic E-state index is 13.8. The van der Waals surface area contributed by atoms with Crippen LogP contribution in [0.3, 0.4) is 0 Å². The molecular formula is C24H18FNO2S. The van der Waals surface area contributed by atoms with Crippen molar-refractivity contribution < 1.29 is 14.3 Å². The van der Waals surface area contributed by atoms with Gasteiger partial charge in [0.25, 0.3) is 0 Å². The number of thiazole rings is 1. The molecule has 1 heterocycles. The topological polar surface area (TPSA) is 50.2 Å². The summed E-state index contributed by atoms with van der Waals surface area (Å²) in [6.45, 7) is 0. The Morgan fingerprint density at radius 2 is 1.55 bits per heavy atom. The van der Waals surface area contributed by atoms with E-state index in [2.05, 4.69) is 0 Å². The smallest absolute Gasteiger partial charge is 0.308 e. The van der Waals surface area contributed by atoms with Gasteiger partial charge < -0.3 is 5.11 Å². The Morgan fingerprint density at radius 3 is 2.10 bits per heavy atom. The molecule has 0 amide bonds. The molecule has 0 aliphatic heterocycles. The van der Waals surface area contributed by atoms with Crippen molar-refractivity contribution in [2.75, 3.05) is 0 Å².